The normalized spacial score (nSPS) is 10.5. The third-order valence-corrected chi connectivity index (χ3v) is 3.68. The van der Waals surface area contributed by atoms with Crippen molar-refractivity contribution in [1.29, 1.82) is 0 Å². The van der Waals surface area contributed by atoms with Gasteiger partial charge in [0.2, 0.25) is 0 Å². The maximum atomic E-state index is 4.53. The lowest BCUT2D eigenvalue weighted by molar-refractivity contribution is 1.29. The van der Waals surface area contributed by atoms with Crippen LogP contribution in [0, 0.1) is 6.92 Å². The van der Waals surface area contributed by atoms with Gasteiger partial charge >= 0.3 is 0 Å². The molecule has 0 atom stereocenters. The molecule has 1 heterocycles. The van der Waals surface area contributed by atoms with Crippen molar-refractivity contribution in [3.63, 3.8) is 0 Å². The summed E-state index contributed by atoms with van der Waals surface area (Å²) >= 11 is 4.53. The van der Waals surface area contributed by atoms with E-state index in [1.165, 1.54) is 5.56 Å². The van der Waals surface area contributed by atoms with Crippen LogP contribution in [0.5, 0.6) is 0 Å². The van der Waals surface area contributed by atoms with E-state index in [4.69, 9.17) is 0 Å². The lowest BCUT2D eigenvalue weighted by Crippen LogP contribution is -1.86. The lowest BCUT2D eigenvalue weighted by atomic mass is 10.0. The van der Waals surface area contributed by atoms with Crippen LogP contribution >= 0.6 is 12.6 Å². The molecular weight excluding hydrogens is 262 g/mol. The van der Waals surface area contributed by atoms with E-state index in [1.54, 1.807) is 0 Å². The van der Waals surface area contributed by atoms with Gasteiger partial charge in [-0.25, -0.2) is 0 Å². The van der Waals surface area contributed by atoms with Crippen LogP contribution in [0.3, 0.4) is 0 Å². The topological polar surface area (TPSA) is 12.9 Å². The fraction of sp³-hybridized carbons (Fsp3) is 0.0556. The number of thiol groups is 1. The molecule has 0 aliphatic rings. The second-order valence-corrected chi connectivity index (χ2v) is 5.30. The Bertz CT molecular complexity index is 750. The Morgan fingerprint density at radius 1 is 0.850 bits per heavy atom. The highest BCUT2D eigenvalue weighted by Gasteiger charge is 2.05. The predicted octanol–water partition coefficient (Wildman–Crippen LogP) is 5.01. The Morgan fingerprint density at radius 2 is 1.65 bits per heavy atom. The fourth-order valence-corrected chi connectivity index (χ4v) is 2.55. The molecule has 3 rings (SSSR count). The van der Waals surface area contributed by atoms with E-state index in [0.717, 1.165) is 27.3 Å². The standard InChI is InChI=1S/C18H15NS/c1-13-9-10-19-17(11-13)15-6-4-5-14(12-15)16-7-2-3-8-18(16)20/h2-12,20H,1H3. The molecule has 3 aromatic rings. The second kappa shape index (κ2) is 5.51. The first-order chi connectivity index (χ1) is 9.74. The van der Waals surface area contributed by atoms with Crippen molar-refractivity contribution in [1.82, 2.24) is 4.98 Å². The summed E-state index contributed by atoms with van der Waals surface area (Å²) in [6.07, 6.45) is 1.85. The van der Waals surface area contributed by atoms with Crippen molar-refractivity contribution in [2.45, 2.75) is 11.8 Å². The van der Waals surface area contributed by atoms with Gasteiger partial charge in [0.05, 0.1) is 5.69 Å². The van der Waals surface area contributed by atoms with E-state index in [1.807, 2.05) is 30.5 Å². The molecule has 20 heavy (non-hydrogen) atoms. The number of nitrogens with zero attached hydrogens (tertiary/aromatic N) is 1. The van der Waals surface area contributed by atoms with Gasteiger partial charge < -0.3 is 0 Å². The molecule has 0 radical (unpaired) electrons. The molecule has 0 aliphatic heterocycles. The molecule has 98 valence electrons. The van der Waals surface area contributed by atoms with Crippen LogP contribution in [0.25, 0.3) is 22.4 Å². The summed E-state index contributed by atoms with van der Waals surface area (Å²) < 4.78 is 0. The van der Waals surface area contributed by atoms with Crippen LogP contribution in [-0.2, 0) is 0 Å². The van der Waals surface area contributed by atoms with Gasteiger partial charge in [-0.1, -0.05) is 36.4 Å². The van der Waals surface area contributed by atoms with Crippen LogP contribution in [0.15, 0.2) is 71.8 Å². The fourth-order valence-electron chi connectivity index (χ4n) is 2.26. The van der Waals surface area contributed by atoms with Crippen LogP contribution in [0.1, 0.15) is 5.56 Å². The molecule has 1 nitrogen and oxygen atoms in total. The molecule has 2 heteroatoms. The van der Waals surface area contributed by atoms with E-state index < -0.39 is 0 Å². The Labute approximate surface area is 124 Å². The van der Waals surface area contributed by atoms with Gasteiger partial charge in [0, 0.05) is 16.7 Å². The van der Waals surface area contributed by atoms with Crippen LogP contribution in [0.2, 0.25) is 0 Å². The van der Waals surface area contributed by atoms with Gasteiger partial charge in [-0.15, -0.1) is 12.6 Å². The van der Waals surface area contributed by atoms with Gasteiger partial charge in [-0.3, -0.25) is 4.98 Å². The van der Waals surface area contributed by atoms with Gasteiger partial charge in [0.15, 0.2) is 0 Å². The Hall–Kier alpha value is -2.06. The molecule has 1 aromatic heterocycles. The highest BCUT2D eigenvalue weighted by molar-refractivity contribution is 7.80. The zero-order valence-electron chi connectivity index (χ0n) is 11.2. The van der Waals surface area contributed by atoms with Gasteiger partial charge in [0.1, 0.15) is 0 Å². The summed E-state index contributed by atoms with van der Waals surface area (Å²) in [7, 11) is 0. The zero-order chi connectivity index (χ0) is 13.9. The summed E-state index contributed by atoms with van der Waals surface area (Å²) in [4.78, 5) is 5.44. The first-order valence-corrected chi connectivity index (χ1v) is 7.00. The van der Waals surface area contributed by atoms with Gasteiger partial charge in [0.25, 0.3) is 0 Å². The number of aryl methyl sites for hydroxylation is 1. The Balaban J connectivity index is 2.09. The summed E-state index contributed by atoms with van der Waals surface area (Å²) in [6.45, 7) is 2.08. The lowest BCUT2D eigenvalue weighted by Gasteiger charge is -2.08. The third-order valence-electron chi connectivity index (χ3n) is 3.29. The first kappa shape index (κ1) is 12.9. The van der Waals surface area contributed by atoms with Crippen LogP contribution in [-0.4, -0.2) is 4.98 Å². The summed E-state index contributed by atoms with van der Waals surface area (Å²) in [6, 6.07) is 20.7. The summed E-state index contributed by atoms with van der Waals surface area (Å²) in [5.74, 6) is 0. The van der Waals surface area contributed by atoms with Gasteiger partial charge in [-0.05, 0) is 47.9 Å². The average molecular weight is 277 g/mol. The molecular formula is C18H15NS. The molecule has 0 bridgehead atoms. The van der Waals surface area contributed by atoms with Crippen molar-refractivity contribution in [2.75, 3.05) is 0 Å². The van der Waals surface area contributed by atoms with Crippen LogP contribution in [0.4, 0.5) is 0 Å². The number of hydrogen-bond donors (Lipinski definition) is 1. The van der Waals surface area contributed by atoms with Gasteiger partial charge in [-0.2, -0.15) is 0 Å². The maximum Gasteiger partial charge on any atom is 0.0704 e. The number of rotatable bonds is 2. The minimum atomic E-state index is 0.988. The molecule has 0 N–H and O–H groups in total. The van der Waals surface area contributed by atoms with Crippen LogP contribution < -0.4 is 0 Å². The molecule has 0 fully saturated rings. The molecule has 0 saturated carbocycles. The Morgan fingerprint density at radius 3 is 2.45 bits per heavy atom. The van der Waals surface area contributed by atoms with E-state index in [-0.39, 0.29) is 0 Å². The van der Waals surface area contributed by atoms with E-state index in [0.29, 0.717) is 0 Å². The van der Waals surface area contributed by atoms with Crippen molar-refractivity contribution in [3.05, 3.63) is 72.4 Å². The molecule has 2 aromatic carbocycles. The number of hydrogen-bond acceptors (Lipinski definition) is 2. The quantitative estimate of drug-likeness (QED) is 0.649. The van der Waals surface area contributed by atoms with Crippen molar-refractivity contribution in [3.8, 4) is 22.4 Å². The minimum absolute atomic E-state index is 0.988. The largest absolute Gasteiger partial charge is 0.256 e. The number of benzene rings is 2. The van der Waals surface area contributed by atoms with Crippen molar-refractivity contribution < 1.29 is 0 Å². The highest BCUT2D eigenvalue weighted by Crippen LogP contribution is 2.29. The number of aromatic nitrogens is 1. The monoisotopic (exact) mass is 277 g/mol. The first-order valence-electron chi connectivity index (χ1n) is 6.55. The molecule has 0 unspecified atom stereocenters. The number of pyridine rings is 1. The van der Waals surface area contributed by atoms with E-state index in [2.05, 4.69) is 60.9 Å². The summed E-state index contributed by atoms with van der Waals surface area (Å²) in [5.41, 5.74) is 5.66. The molecule has 0 aliphatic carbocycles. The minimum Gasteiger partial charge on any atom is -0.256 e. The average Bonchev–Trinajstić information content (AvgIpc) is 2.48. The molecule has 0 spiro atoms. The summed E-state index contributed by atoms with van der Waals surface area (Å²) in [5, 5.41) is 0. The Kier molecular flexibility index (Phi) is 3.57. The molecule has 0 saturated heterocycles. The van der Waals surface area contributed by atoms with Crippen molar-refractivity contribution in [2.24, 2.45) is 0 Å². The molecule has 0 amide bonds. The third kappa shape index (κ3) is 2.61. The highest BCUT2D eigenvalue weighted by atomic mass is 32.1. The SMILES string of the molecule is Cc1ccnc(-c2cccc(-c3ccccc3S)c2)c1. The van der Waals surface area contributed by atoms with E-state index >= 15 is 0 Å². The smallest absolute Gasteiger partial charge is 0.0704 e. The van der Waals surface area contributed by atoms with Crippen molar-refractivity contribution >= 4 is 12.6 Å². The van der Waals surface area contributed by atoms with E-state index in [9.17, 15) is 0 Å². The predicted molar refractivity (Wildman–Crippen MR) is 87.1 cm³/mol. The zero-order valence-corrected chi connectivity index (χ0v) is 12.1. The maximum absolute atomic E-state index is 4.53. The second-order valence-electron chi connectivity index (χ2n) is 4.82.